The molecule has 2 aromatic heterocycles. The summed E-state index contributed by atoms with van der Waals surface area (Å²) in [7, 11) is 0. The Kier molecular flexibility index (Phi) is 5.43. The fourth-order valence-electron chi connectivity index (χ4n) is 3.58. The molecule has 5 nitrogen and oxygen atoms in total. The van der Waals surface area contributed by atoms with Gasteiger partial charge in [-0.3, -0.25) is 4.90 Å². The highest BCUT2D eigenvalue weighted by Crippen LogP contribution is 2.20. The largest absolute Gasteiger partial charge is 0.316 e. The van der Waals surface area contributed by atoms with Crippen LogP contribution < -0.4 is 5.32 Å². The fourth-order valence-corrected chi connectivity index (χ4v) is 4.39. The molecule has 1 saturated heterocycles. The van der Waals surface area contributed by atoms with Crippen molar-refractivity contribution in [3.63, 3.8) is 0 Å². The zero-order valence-corrected chi connectivity index (χ0v) is 16.0. The molecular formula is C20H25N5S. The third-order valence-corrected chi connectivity index (χ3v) is 5.93. The van der Waals surface area contributed by atoms with Crippen molar-refractivity contribution in [1.82, 2.24) is 24.8 Å². The summed E-state index contributed by atoms with van der Waals surface area (Å²) >= 11 is 1.75. The first-order chi connectivity index (χ1) is 12.8. The molecule has 136 valence electrons. The van der Waals surface area contributed by atoms with Crippen molar-refractivity contribution in [3.05, 3.63) is 64.6 Å². The van der Waals surface area contributed by atoms with Gasteiger partial charge >= 0.3 is 0 Å². The van der Waals surface area contributed by atoms with Crippen LogP contribution in [-0.2, 0) is 13.1 Å². The highest BCUT2D eigenvalue weighted by atomic mass is 32.1. The van der Waals surface area contributed by atoms with Gasteiger partial charge in [-0.2, -0.15) is 0 Å². The summed E-state index contributed by atoms with van der Waals surface area (Å²) < 4.78 is 2.19. The minimum Gasteiger partial charge on any atom is -0.316 e. The molecule has 0 amide bonds. The Balaban J connectivity index is 1.54. The predicted octanol–water partition coefficient (Wildman–Crippen LogP) is 3.25. The lowest BCUT2D eigenvalue weighted by Gasteiger charge is -2.25. The van der Waals surface area contributed by atoms with Crippen LogP contribution in [0.5, 0.6) is 0 Å². The van der Waals surface area contributed by atoms with E-state index in [0.29, 0.717) is 5.92 Å². The van der Waals surface area contributed by atoms with E-state index in [1.54, 1.807) is 11.3 Å². The van der Waals surface area contributed by atoms with Gasteiger partial charge in [-0.1, -0.05) is 18.2 Å². The maximum absolute atomic E-state index is 4.65. The van der Waals surface area contributed by atoms with Crippen LogP contribution >= 0.6 is 11.3 Å². The highest BCUT2D eigenvalue weighted by molar-refractivity contribution is 7.09. The first-order valence-electron chi connectivity index (χ1n) is 9.19. The van der Waals surface area contributed by atoms with E-state index in [9.17, 15) is 0 Å². The lowest BCUT2D eigenvalue weighted by atomic mass is 10.1. The molecule has 3 aromatic rings. The van der Waals surface area contributed by atoms with Crippen molar-refractivity contribution >= 4 is 11.3 Å². The van der Waals surface area contributed by atoms with E-state index in [2.05, 4.69) is 62.1 Å². The topological polar surface area (TPSA) is 46.0 Å². The van der Waals surface area contributed by atoms with Crippen molar-refractivity contribution in [3.8, 4) is 5.69 Å². The van der Waals surface area contributed by atoms with Gasteiger partial charge in [0, 0.05) is 36.0 Å². The molecule has 6 heteroatoms. The number of rotatable bonds is 7. The van der Waals surface area contributed by atoms with E-state index in [4.69, 9.17) is 0 Å². The fraction of sp³-hybridized carbons (Fsp3) is 0.400. The number of imidazole rings is 1. The SMILES string of the molecule is Cc1ncsc1CN(Cc1nccn1-c1ccccc1)CC1CCNC1. The van der Waals surface area contributed by atoms with Crippen molar-refractivity contribution in [1.29, 1.82) is 0 Å². The van der Waals surface area contributed by atoms with Gasteiger partial charge in [0.25, 0.3) is 0 Å². The summed E-state index contributed by atoms with van der Waals surface area (Å²) in [5, 5.41) is 3.49. The van der Waals surface area contributed by atoms with Gasteiger partial charge in [0.15, 0.2) is 0 Å². The van der Waals surface area contributed by atoms with Crippen molar-refractivity contribution < 1.29 is 0 Å². The van der Waals surface area contributed by atoms with E-state index < -0.39 is 0 Å². The maximum Gasteiger partial charge on any atom is 0.127 e. The molecule has 26 heavy (non-hydrogen) atoms. The van der Waals surface area contributed by atoms with Crippen molar-refractivity contribution in [2.24, 2.45) is 5.92 Å². The second kappa shape index (κ2) is 8.12. The van der Waals surface area contributed by atoms with Gasteiger partial charge in [0.1, 0.15) is 5.82 Å². The smallest absolute Gasteiger partial charge is 0.127 e. The highest BCUT2D eigenvalue weighted by Gasteiger charge is 2.21. The van der Waals surface area contributed by atoms with E-state index in [1.807, 2.05) is 17.8 Å². The second-order valence-electron chi connectivity index (χ2n) is 6.94. The zero-order valence-electron chi connectivity index (χ0n) is 15.1. The minimum atomic E-state index is 0.711. The molecule has 0 aliphatic carbocycles. The van der Waals surface area contributed by atoms with Crippen LogP contribution in [0.1, 0.15) is 22.8 Å². The van der Waals surface area contributed by atoms with Crippen LogP contribution in [0.15, 0.2) is 48.2 Å². The summed E-state index contributed by atoms with van der Waals surface area (Å²) in [6, 6.07) is 10.4. The Bertz CT molecular complexity index is 820. The van der Waals surface area contributed by atoms with E-state index in [0.717, 1.165) is 49.9 Å². The Morgan fingerprint density at radius 2 is 2.12 bits per heavy atom. The monoisotopic (exact) mass is 367 g/mol. The lowest BCUT2D eigenvalue weighted by molar-refractivity contribution is 0.216. The van der Waals surface area contributed by atoms with Gasteiger partial charge in [-0.15, -0.1) is 11.3 Å². The number of aromatic nitrogens is 3. The molecule has 0 bridgehead atoms. The van der Waals surface area contributed by atoms with Crippen LogP contribution in [0.2, 0.25) is 0 Å². The van der Waals surface area contributed by atoms with Gasteiger partial charge in [-0.25, -0.2) is 9.97 Å². The molecule has 1 atom stereocenters. The lowest BCUT2D eigenvalue weighted by Crippen LogP contribution is -2.31. The average Bonchev–Trinajstić information content (AvgIpc) is 3.40. The molecule has 1 aliphatic rings. The second-order valence-corrected chi connectivity index (χ2v) is 7.88. The number of nitrogens with zero attached hydrogens (tertiary/aromatic N) is 4. The molecule has 1 unspecified atom stereocenters. The number of para-hydroxylation sites is 1. The standard InChI is InChI=1S/C20H25N5S/c1-16-19(26-15-23-16)13-24(12-17-7-8-21-11-17)14-20-22-9-10-25(20)18-5-3-2-4-6-18/h2-6,9-10,15,17,21H,7-8,11-14H2,1H3. The van der Waals surface area contributed by atoms with Crippen molar-refractivity contribution in [2.75, 3.05) is 19.6 Å². The summed E-state index contributed by atoms with van der Waals surface area (Å²) in [6.45, 7) is 7.23. The molecular weight excluding hydrogens is 342 g/mol. The first kappa shape index (κ1) is 17.4. The normalized spacial score (nSPS) is 17.2. The molecule has 1 aromatic carbocycles. The van der Waals surface area contributed by atoms with Crippen LogP contribution in [0.3, 0.4) is 0 Å². The maximum atomic E-state index is 4.65. The third kappa shape index (κ3) is 4.03. The van der Waals surface area contributed by atoms with Crippen LogP contribution in [0, 0.1) is 12.8 Å². The Labute approximate surface area is 158 Å². The Hall–Kier alpha value is -2.02. The van der Waals surface area contributed by atoms with Gasteiger partial charge in [0.05, 0.1) is 17.7 Å². The quantitative estimate of drug-likeness (QED) is 0.696. The minimum absolute atomic E-state index is 0.711. The molecule has 0 radical (unpaired) electrons. The van der Waals surface area contributed by atoms with E-state index in [1.165, 1.54) is 11.3 Å². The van der Waals surface area contributed by atoms with Crippen LogP contribution in [0.25, 0.3) is 5.69 Å². The summed E-state index contributed by atoms with van der Waals surface area (Å²) in [5.74, 6) is 1.80. The van der Waals surface area contributed by atoms with Gasteiger partial charge in [0.2, 0.25) is 0 Å². The van der Waals surface area contributed by atoms with Crippen LogP contribution in [0.4, 0.5) is 0 Å². The molecule has 3 heterocycles. The van der Waals surface area contributed by atoms with Gasteiger partial charge in [-0.05, 0) is 44.5 Å². The number of thiazole rings is 1. The van der Waals surface area contributed by atoms with E-state index >= 15 is 0 Å². The number of nitrogens with one attached hydrogen (secondary N) is 1. The number of hydrogen-bond acceptors (Lipinski definition) is 5. The average molecular weight is 368 g/mol. The van der Waals surface area contributed by atoms with Gasteiger partial charge < -0.3 is 9.88 Å². The zero-order chi connectivity index (χ0) is 17.8. The molecule has 1 fully saturated rings. The van der Waals surface area contributed by atoms with Crippen LogP contribution in [-0.4, -0.2) is 39.1 Å². The molecule has 0 saturated carbocycles. The number of benzene rings is 1. The Morgan fingerprint density at radius 1 is 1.23 bits per heavy atom. The molecule has 0 spiro atoms. The number of hydrogen-bond donors (Lipinski definition) is 1. The van der Waals surface area contributed by atoms with Crippen molar-refractivity contribution in [2.45, 2.75) is 26.4 Å². The summed E-state index contributed by atoms with van der Waals surface area (Å²) in [5.41, 5.74) is 4.26. The third-order valence-electron chi connectivity index (χ3n) is 5.01. The molecule has 1 aliphatic heterocycles. The summed E-state index contributed by atoms with van der Waals surface area (Å²) in [6.07, 6.45) is 5.21. The summed E-state index contributed by atoms with van der Waals surface area (Å²) in [4.78, 5) is 13.0. The molecule has 1 N–H and O–H groups in total. The van der Waals surface area contributed by atoms with E-state index in [-0.39, 0.29) is 0 Å². The first-order valence-corrected chi connectivity index (χ1v) is 10.1. The number of aryl methyl sites for hydroxylation is 1. The predicted molar refractivity (Wildman–Crippen MR) is 106 cm³/mol. The Morgan fingerprint density at radius 3 is 2.85 bits per heavy atom. The molecule has 4 rings (SSSR count).